The van der Waals surface area contributed by atoms with Gasteiger partial charge >= 0.3 is 0 Å². The number of rotatable bonds is 12. The smallest absolute Gasteiger partial charge is 0.287 e. The molecule has 0 amide bonds. The lowest BCUT2D eigenvalue weighted by atomic mass is 10.1. The number of halogens is 2. The lowest BCUT2D eigenvalue weighted by molar-refractivity contribution is -0.385. The molecule has 0 radical (unpaired) electrons. The third kappa shape index (κ3) is 8.07. The standard InChI is InChI=1S/C18H22BrClN6O6S/c1-25(2)11-22-33(30,31)16-6-5-13(26(28)29)8-15(16)32-7-3-4-12(10-27)23-17-14(19)9-21-18(20)24-17/h5-6,8-9,11-12,27H,3-4,7,10H2,1-2H3,(H,21,23,24)/t12-/m0/s1. The third-order valence-electron chi connectivity index (χ3n) is 4.06. The number of non-ortho nitro benzene ring substituents is 1. The number of nitrogens with zero attached hydrogens (tertiary/aromatic N) is 5. The molecule has 1 atom stereocenters. The zero-order valence-electron chi connectivity index (χ0n) is 17.7. The Kier molecular flexibility index (Phi) is 9.76. The predicted octanol–water partition coefficient (Wildman–Crippen LogP) is 2.71. The van der Waals surface area contributed by atoms with Gasteiger partial charge in [0.1, 0.15) is 22.8 Å². The molecule has 15 heteroatoms. The first kappa shape index (κ1) is 26.7. The van der Waals surface area contributed by atoms with E-state index in [4.69, 9.17) is 16.3 Å². The minimum atomic E-state index is -4.14. The molecule has 0 saturated carbocycles. The summed E-state index contributed by atoms with van der Waals surface area (Å²) >= 11 is 9.08. The first-order valence-electron chi connectivity index (χ1n) is 9.47. The fourth-order valence-corrected chi connectivity index (χ4v) is 3.99. The van der Waals surface area contributed by atoms with Crippen molar-refractivity contribution in [3.8, 4) is 5.75 Å². The van der Waals surface area contributed by atoms with Crippen LogP contribution in [0.1, 0.15) is 12.8 Å². The average Bonchev–Trinajstić information content (AvgIpc) is 2.76. The van der Waals surface area contributed by atoms with Gasteiger partial charge in [-0.05, 0) is 46.4 Å². The van der Waals surface area contributed by atoms with E-state index in [2.05, 4.69) is 35.6 Å². The number of hydrogen-bond acceptors (Lipinski definition) is 9. The van der Waals surface area contributed by atoms with Crippen LogP contribution in [-0.2, 0) is 10.0 Å². The Morgan fingerprint density at radius 3 is 2.82 bits per heavy atom. The Hall–Kier alpha value is -2.55. The monoisotopic (exact) mass is 564 g/mol. The largest absolute Gasteiger partial charge is 0.492 e. The normalized spacial score (nSPS) is 12.5. The molecule has 0 aliphatic carbocycles. The maximum absolute atomic E-state index is 12.5. The van der Waals surface area contributed by atoms with Gasteiger partial charge in [0.25, 0.3) is 15.7 Å². The summed E-state index contributed by atoms with van der Waals surface area (Å²) < 4.78 is 34.8. The highest BCUT2D eigenvalue weighted by Crippen LogP contribution is 2.30. The van der Waals surface area contributed by atoms with Gasteiger partial charge in [0.05, 0.1) is 34.7 Å². The highest BCUT2D eigenvalue weighted by molar-refractivity contribution is 9.10. The number of anilines is 1. The summed E-state index contributed by atoms with van der Waals surface area (Å²) in [6.45, 7) is -0.186. The van der Waals surface area contributed by atoms with Gasteiger partial charge in [0.2, 0.25) is 5.28 Å². The molecule has 33 heavy (non-hydrogen) atoms. The molecule has 0 fully saturated rings. The van der Waals surface area contributed by atoms with Gasteiger partial charge in [0.15, 0.2) is 0 Å². The van der Waals surface area contributed by atoms with Gasteiger partial charge in [-0.25, -0.2) is 4.98 Å². The van der Waals surface area contributed by atoms with Crippen LogP contribution in [0.4, 0.5) is 11.5 Å². The number of sulfonamides is 1. The highest BCUT2D eigenvalue weighted by atomic mass is 79.9. The summed E-state index contributed by atoms with van der Waals surface area (Å²) in [4.78, 5) is 19.5. The molecule has 180 valence electrons. The summed E-state index contributed by atoms with van der Waals surface area (Å²) in [6, 6.07) is 2.79. The zero-order chi connectivity index (χ0) is 24.6. The minimum Gasteiger partial charge on any atom is -0.492 e. The van der Waals surface area contributed by atoms with Crippen molar-refractivity contribution in [2.45, 2.75) is 23.8 Å². The summed E-state index contributed by atoms with van der Waals surface area (Å²) in [5, 5.41) is 23.8. The minimum absolute atomic E-state index is 0.0327. The molecule has 0 bridgehead atoms. The maximum atomic E-state index is 12.5. The van der Waals surface area contributed by atoms with Gasteiger partial charge in [-0.2, -0.15) is 13.4 Å². The Morgan fingerprint density at radius 1 is 1.45 bits per heavy atom. The molecule has 0 saturated heterocycles. The second-order valence-electron chi connectivity index (χ2n) is 6.90. The van der Waals surface area contributed by atoms with Crippen LogP contribution in [0.3, 0.4) is 0 Å². The fraction of sp³-hybridized carbons (Fsp3) is 0.389. The van der Waals surface area contributed by atoms with Crippen LogP contribution < -0.4 is 10.1 Å². The van der Waals surface area contributed by atoms with E-state index in [1.165, 1.54) is 11.1 Å². The van der Waals surface area contributed by atoms with Crippen molar-refractivity contribution in [3.05, 3.63) is 44.3 Å². The number of aliphatic hydroxyl groups is 1. The van der Waals surface area contributed by atoms with E-state index in [9.17, 15) is 23.6 Å². The molecule has 2 N–H and O–H groups in total. The molecule has 2 rings (SSSR count). The average molecular weight is 566 g/mol. The second-order valence-corrected chi connectivity index (χ2v) is 9.69. The quantitative estimate of drug-likeness (QED) is 0.0977. The highest BCUT2D eigenvalue weighted by Gasteiger charge is 2.22. The molecule has 1 aromatic carbocycles. The Morgan fingerprint density at radius 2 is 2.18 bits per heavy atom. The number of nitro benzene ring substituents is 1. The number of aliphatic hydroxyl groups excluding tert-OH is 1. The fourth-order valence-electron chi connectivity index (χ4n) is 2.51. The van der Waals surface area contributed by atoms with Crippen molar-refractivity contribution in [3.63, 3.8) is 0 Å². The first-order valence-corrected chi connectivity index (χ1v) is 12.1. The Labute approximate surface area is 204 Å². The molecule has 0 aliphatic rings. The van der Waals surface area contributed by atoms with Crippen molar-refractivity contribution in [2.24, 2.45) is 4.40 Å². The number of ether oxygens (including phenoxy) is 1. The molecule has 1 heterocycles. The third-order valence-corrected chi connectivity index (χ3v) is 6.09. The summed E-state index contributed by atoms with van der Waals surface area (Å²) in [7, 11) is -0.934. The zero-order valence-corrected chi connectivity index (χ0v) is 20.8. The predicted molar refractivity (Wildman–Crippen MR) is 126 cm³/mol. The summed E-state index contributed by atoms with van der Waals surface area (Å²) in [5.74, 6) is 0.222. The van der Waals surface area contributed by atoms with Crippen LogP contribution in [0, 0.1) is 10.1 Å². The van der Waals surface area contributed by atoms with Gasteiger partial charge in [-0.3, -0.25) is 10.1 Å². The lowest BCUT2D eigenvalue weighted by Crippen LogP contribution is -2.25. The second kappa shape index (κ2) is 12.1. The van der Waals surface area contributed by atoms with Crippen LogP contribution in [0.5, 0.6) is 5.75 Å². The molecule has 0 unspecified atom stereocenters. The van der Waals surface area contributed by atoms with E-state index >= 15 is 0 Å². The molecule has 2 aromatic rings. The van der Waals surface area contributed by atoms with E-state index in [0.717, 1.165) is 24.5 Å². The Balaban J connectivity index is 2.10. The van der Waals surface area contributed by atoms with Gasteiger partial charge < -0.3 is 20.1 Å². The number of nitrogens with one attached hydrogen (secondary N) is 1. The SMILES string of the molecule is CN(C)C=NS(=O)(=O)c1ccc([N+](=O)[O-])cc1OCCC[C@@H](CO)Nc1nc(Cl)ncc1Br. The van der Waals surface area contributed by atoms with E-state index < -0.39 is 21.0 Å². The molecular weight excluding hydrogens is 544 g/mol. The van der Waals surface area contributed by atoms with Crippen molar-refractivity contribution in [1.29, 1.82) is 0 Å². The topological polar surface area (TPSA) is 160 Å². The first-order chi connectivity index (χ1) is 15.5. The van der Waals surface area contributed by atoms with Gasteiger partial charge in [-0.1, -0.05) is 0 Å². The van der Waals surface area contributed by atoms with Crippen LogP contribution in [-0.4, -0.2) is 73.0 Å². The van der Waals surface area contributed by atoms with E-state index in [1.807, 2.05) is 0 Å². The van der Waals surface area contributed by atoms with Gasteiger partial charge in [0, 0.05) is 26.4 Å². The van der Waals surface area contributed by atoms with Crippen molar-refractivity contribution < 1.29 is 23.2 Å². The van der Waals surface area contributed by atoms with Crippen LogP contribution >= 0.6 is 27.5 Å². The van der Waals surface area contributed by atoms with Crippen LogP contribution in [0.2, 0.25) is 5.28 Å². The molecule has 12 nitrogen and oxygen atoms in total. The van der Waals surface area contributed by atoms with Crippen molar-refractivity contribution in [2.75, 3.05) is 32.6 Å². The van der Waals surface area contributed by atoms with E-state index in [1.54, 1.807) is 14.1 Å². The number of benzene rings is 1. The summed E-state index contributed by atoms with van der Waals surface area (Å²) in [5.41, 5.74) is -0.319. The number of hydrogen-bond donors (Lipinski definition) is 2. The summed E-state index contributed by atoms with van der Waals surface area (Å²) in [6.07, 6.45) is 3.38. The number of nitro groups is 1. The molecule has 1 aromatic heterocycles. The van der Waals surface area contributed by atoms with Crippen molar-refractivity contribution in [1.82, 2.24) is 14.9 Å². The van der Waals surface area contributed by atoms with E-state index in [0.29, 0.717) is 23.1 Å². The number of aromatic nitrogens is 2. The van der Waals surface area contributed by atoms with Crippen LogP contribution in [0.25, 0.3) is 0 Å². The Bertz CT molecular complexity index is 1120. The molecular formula is C18H22BrClN6O6S. The van der Waals surface area contributed by atoms with Gasteiger partial charge in [-0.15, -0.1) is 4.40 Å². The van der Waals surface area contributed by atoms with E-state index in [-0.39, 0.29) is 34.8 Å². The van der Waals surface area contributed by atoms with Crippen molar-refractivity contribution >= 4 is 55.4 Å². The molecule has 0 spiro atoms. The lowest BCUT2D eigenvalue weighted by Gasteiger charge is -2.18. The maximum Gasteiger partial charge on any atom is 0.287 e. The van der Waals surface area contributed by atoms with Crippen LogP contribution in [0.15, 0.2) is 38.2 Å². The molecule has 0 aliphatic heterocycles.